The highest BCUT2D eigenvalue weighted by Gasteiger charge is 2.12. The van der Waals surface area contributed by atoms with E-state index in [-0.39, 0.29) is 11.5 Å². The van der Waals surface area contributed by atoms with Crippen LogP contribution in [0.2, 0.25) is 0 Å². The molecule has 2 aromatic heterocycles. The molecule has 0 radical (unpaired) electrons. The van der Waals surface area contributed by atoms with E-state index in [1.165, 1.54) is 44.6 Å². The minimum absolute atomic E-state index is 0.0240. The van der Waals surface area contributed by atoms with Crippen LogP contribution in [0.3, 0.4) is 0 Å². The molecule has 0 atom stereocenters. The van der Waals surface area contributed by atoms with Crippen LogP contribution in [-0.2, 0) is 0 Å². The molecule has 2 aromatic rings. The third-order valence-corrected chi connectivity index (χ3v) is 4.17. The minimum atomic E-state index is -0.681. The second-order valence-electron chi connectivity index (χ2n) is 6.74. The number of amides is 1. The van der Waals surface area contributed by atoms with Crippen LogP contribution in [-0.4, -0.2) is 21.1 Å². The molecule has 7 nitrogen and oxygen atoms in total. The fourth-order valence-corrected chi connectivity index (χ4v) is 2.73. The van der Waals surface area contributed by atoms with Crippen molar-refractivity contribution in [1.29, 1.82) is 0 Å². The summed E-state index contributed by atoms with van der Waals surface area (Å²) in [5.41, 5.74) is 12.2. The molecule has 1 saturated carbocycles. The number of rotatable bonds is 4. The molecule has 140 valence electrons. The zero-order valence-electron chi connectivity index (χ0n) is 15.5. The summed E-state index contributed by atoms with van der Waals surface area (Å²) in [6, 6.07) is 7.10. The summed E-state index contributed by atoms with van der Waals surface area (Å²) in [6.07, 6.45) is 9.00. The van der Waals surface area contributed by atoms with Gasteiger partial charge in [-0.15, -0.1) is 10.2 Å². The first-order chi connectivity index (χ1) is 12.5. The molecule has 0 unspecified atom stereocenters. The fraction of sp³-hybridized carbons (Fsp3) is 0.474. The van der Waals surface area contributed by atoms with Crippen molar-refractivity contribution >= 4 is 23.2 Å². The monoisotopic (exact) mass is 356 g/mol. The van der Waals surface area contributed by atoms with Crippen LogP contribution in [0.5, 0.6) is 0 Å². The van der Waals surface area contributed by atoms with Gasteiger partial charge in [0.05, 0.1) is 5.69 Å². The van der Waals surface area contributed by atoms with Crippen LogP contribution in [0.15, 0.2) is 24.3 Å². The lowest BCUT2D eigenvalue weighted by molar-refractivity contribution is 0.0995. The van der Waals surface area contributed by atoms with E-state index in [4.69, 9.17) is 11.5 Å². The summed E-state index contributed by atoms with van der Waals surface area (Å²) < 4.78 is 0. The molecule has 1 fully saturated rings. The first-order valence-corrected chi connectivity index (χ1v) is 9.14. The van der Waals surface area contributed by atoms with E-state index in [1.54, 1.807) is 6.07 Å². The summed E-state index contributed by atoms with van der Waals surface area (Å²) in [5, 5.41) is 10.3. The van der Waals surface area contributed by atoms with E-state index in [2.05, 4.69) is 20.5 Å². The van der Waals surface area contributed by atoms with Gasteiger partial charge >= 0.3 is 0 Å². The predicted molar refractivity (Wildman–Crippen MR) is 104 cm³/mol. The Hall–Kier alpha value is -2.70. The summed E-state index contributed by atoms with van der Waals surface area (Å²) in [4.78, 5) is 15.8. The SMILES string of the molecule is C1CCCCC1.CC(C)c1cccc(Nc2cc(N)nnc2C(N)=O)n1. The zero-order valence-corrected chi connectivity index (χ0v) is 15.5. The average molecular weight is 356 g/mol. The lowest BCUT2D eigenvalue weighted by atomic mass is 10.0. The van der Waals surface area contributed by atoms with Crippen LogP contribution in [0.25, 0.3) is 0 Å². The normalized spacial score (nSPS) is 13.7. The van der Waals surface area contributed by atoms with Gasteiger partial charge in [-0.1, -0.05) is 58.4 Å². The number of nitrogen functional groups attached to an aromatic ring is 1. The van der Waals surface area contributed by atoms with E-state index < -0.39 is 5.91 Å². The predicted octanol–water partition coefficient (Wildman–Crippen LogP) is 3.76. The number of pyridine rings is 1. The Morgan fingerprint density at radius 2 is 1.69 bits per heavy atom. The molecule has 2 heterocycles. The second kappa shape index (κ2) is 9.70. The Kier molecular flexibility index (Phi) is 7.32. The Labute approximate surface area is 154 Å². The van der Waals surface area contributed by atoms with E-state index in [0.29, 0.717) is 17.4 Å². The smallest absolute Gasteiger partial charge is 0.271 e. The third-order valence-electron chi connectivity index (χ3n) is 4.17. The Morgan fingerprint density at radius 1 is 1.08 bits per heavy atom. The Balaban J connectivity index is 0.000000342. The van der Waals surface area contributed by atoms with Crippen molar-refractivity contribution < 1.29 is 4.79 Å². The molecular weight excluding hydrogens is 328 g/mol. The number of nitrogens with one attached hydrogen (secondary N) is 1. The number of anilines is 3. The van der Waals surface area contributed by atoms with E-state index in [0.717, 1.165) is 5.69 Å². The number of carbonyl (C=O) groups is 1. The number of primary amides is 1. The van der Waals surface area contributed by atoms with E-state index in [9.17, 15) is 4.79 Å². The molecule has 1 amide bonds. The number of nitrogens with zero attached hydrogens (tertiary/aromatic N) is 3. The third kappa shape index (κ3) is 5.98. The number of hydrogen-bond donors (Lipinski definition) is 3. The molecule has 0 aliphatic heterocycles. The highest BCUT2D eigenvalue weighted by atomic mass is 16.1. The molecule has 0 spiro atoms. The first-order valence-electron chi connectivity index (χ1n) is 9.14. The zero-order chi connectivity index (χ0) is 18.9. The molecule has 1 aliphatic carbocycles. The average Bonchev–Trinajstić information content (AvgIpc) is 2.64. The molecule has 1 aliphatic rings. The molecule has 0 aromatic carbocycles. The number of carbonyl (C=O) groups excluding carboxylic acids is 1. The van der Waals surface area contributed by atoms with Gasteiger partial charge in [0.2, 0.25) is 0 Å². The van der Waals surface area contributed by atoms with Crippen LogP contribution >= 0.6 is 0 Å². The van der Waals surface area contributed by atoms with Crippen molar-refractivity contribution in [2.45, 2.75) is 58.3 Å². The van der Waals surface area contributed by atoms with Gasteiger partial charge in [-0.2, -0.15) is 0 Å². The van der Waals surface area contributed by atoms with E-state index >= 15 is 0 Å². The highest BCUT2D eigenvalue weighted by Crippen LogP contribution is 2.21. The molecule has 7 heteroatoms. The van der Waals surface area contributed by atoms with Gasteiger partial charge in [-0.25, -0.2) is 4.98 Å². The van der Waals surface area contributed by atoms with Gasteiger partial charge in [0.25, 0.3) is 5.91 Å². The fourth-order valence-electron chi connectivity index (χ4n) is 2.73. The summed E-state index contributed by atoms with van der Waals surface area (Å²) in [5.74, 6) is 0.400. The minimum Gasteiger partial charge on any atom is -0.382 e. The largest absolute Gasteiger partial charge is 0.382 e. The van der Waals surface area contributed by atoms with Gasteiger partial charge in [0, 0.05) is 11.8 Å². The van der Waals surface area contributed by atoms with Gasteiger partial charge in [-0.3, -0.25) is 4.79 Å². The second-order valence-corrected chi connectivity index (χ2v) is 6.74. The van der Waals surface area contributed by atoms with Crippen molar-refractivity contribution in [3.05, 3.63) is 35.7 Å². The topological polar surface area (TPSA) is 120 Å². The number of nitrogens with two attached hydrogens (primary N) is 2. The van der Waals surface area contributed by atoms with Gasteiger partial charge in [0.1, 0.15) is 11.6 Å². The van der Waals surface area contributed by atoms with Crippen molar-refractivity contribution in [1.82, 2.24) is 15.2 Å². The quantitative estimate of drug-likeness (QED) is 0.767. The summed E-state index contributed by atoms with van der Waals surface area (Å²) in [7, 11) is 0. The van der Waals surface area contributed by atoms with Crippen LogP contribution in [0, 0.1) is 0 Å². The van der Waals surface area contributed by atoms with Crippen LogP contribution in [0.4, 0.5) is 17.3 Å². The molecule has 0 bridgehead atoms. The van der Waals surface area contributed by atoms with Crippen molar-refractivity contribution in [3.8, 4) is 0 Å². The van der Waals surface area contributed by atoms with Gasteiger partial charge < -0.3 is 16.8 Å². The van der Waals surface area contributed by atoms with E-state index in [1.807, 2.05) is 26.0 Å². The lowest BCUT2D eigenvalue weighted by Gasteiger charge is -2.11. The maximum Gasteiger partial charge on any atom is 0.271 e. The van der Waals surface area contributed by atoms with Crippen molar-refractivity contribution in [3.63, 3.8) is 0 Å². The summed E-state index contributed by atoms with van der Waals surface area (Å²) in [6.45, 7) is 4.10. The number of aromatic nitrogens is 3. The molecule has 0 saturated heterocycles. The molecule has 3 rings (SSSR count). The maximum absolute atomic E-state index is 11.3. The first kappa shape index (κ1) is 19.6. The van der Waals surface area contributed by atoms with Gasteiger partial charge in [-0.05, 0) is 18.1 Å². The molecular formula is C19H28N6O. The molecule has 26 heavy (non-hydrogen) atoms. The van der Waals surface area contributed by atoms with Gasteiger partial charge in [0.15, 0.2) is 5.69 Å². The molecule has 5 N–H and O–H groups in total. The van der Waals surface area contributed by atoms with Crippen LogP contribution < -0.4 is 16.8 Å². The maximum atomic E-state index is 11.3. The highest BCUT2D eigenvalue weighted by molar-refractivity contribution is 5.97. The van der Waals surface area contributed by atoms with Crippen molar-refractivity contribution in [2.75, 3.05) is 11.1 Å². The Bertz CT molecular complexity index is 716. The van der Waals surface area contributed by atoms with Crippen molar-refractivity contribution in [2.24, 2.45) is 5.73 Å². The standard InChI is InChI=1S/C13H16N6O.C6H12/c1-7(2)8-4-3-5-11(16-8)17-9-6-10(14)18-19-12(9)13(15)20;1-2-4-6-5-3-1/h3-7H,1-2H3,(H2,15,20)(H3,14,16,17,18);1-6H2. The lowest BCUT2D eigenvalue weighted by Crippen LogP contribution is -2.17. The Morgan fingerprint density at radius 3 is 2.23 bits per heavy atom. The number of hydrogen-bond acceptors (Lipinski definition) is 6. The van der Waals surface area contributed by atoms with Crippen LogP contribution in [0.1, 0.15) is 74.5 Å². The summed E-state index contributed by atoms with van der Waals surface area (Å²) >= 11 is 0.